The third-order valence-corrected chi connectivity index (χ3v) is 6.69. The Morgan fingerprint density at radius 3 is 2.80 bits per heavy atom. The van der Waals surface area contributed by atoms with E-state index in [0.29, 0.717) is 41.1 Å². The van der Waals surface area contributed by atoms with Crippen molar-refractivity contribution < 1.29 is 23.5 Å². The van der Waals surface area contributed by atoms with Crippen LogP contribution in [0.2, 0.25) is 0 Å². The molecule has 0 aromatic carbocycles. The van der Waals surface area contributed by atoms with Crippen LogP contribution in [0, 0.1) is 11.7 Å². The van der Waals surface area contributed by atoms with E-state index in [9.17, 15) is 23.6 Å². The number of pyridine rings is 2. The van der Waals surface area contributed by atoms with Crippen LogP contribution in [0.1, 0.15) is 36.9 Å². The first-order valence-corrected chi connectivity index (χ1v) is 13.0. The van der Waals surface area contributed by atoms with Crippen LogP contribution in [-0.4, -0.2) is 64.6 Å². The number of fused-ring (bicyclic) bond motifs is 1. The molecule has 3 N–H and O–H groups in total. The van der Waals surface area contributed by atoms with E-state index in [2.05, 4.69) is 25.3 Å². The molecular formula is C28H33FN6O5. The molecule has 1 fully saturated rings. The predicted molar refractivity (Wildman–Crippen MR) is 147 cm³/mol. The molecule has 12 heteroatoms. The predicted octanol–water partition coefficient (Wildman–Crippen LogP) is 2.95. The summed E-state index contributed by atoms with van der Waals surface area (Å²) < 4.78 is 20.5. The van der Waals surface area contributed by atoms with Gasteiger partial charge >= 0.3 is 6.09 Å². The van der Waals surface area contributed by atoms with Crippen molar-refractivity contribution in [2.24, 2.45) is 5.92 Å². The molecule has 1 saturated carbocycles. The second-order valence-electron chi connectivity index (χ2n) is 10.0. The number of allylic oxidation sites excluding steroid dienone is 1. The van der Waals surface area contributed by atoms with Crippen LogP contribution < -0.4 is 16.2 Å². The second kappa shape index (κ2) is 12.6. The van der Waals surface area contributed by atoms with E-state index in [1.807, 2.05) is 0 Å². The molecule has 3 aromatic rings. The number of nitrogens with one attached hydrogen (secondary N) is 3. The first-order chi connectivity index (χ1) is 19.2. The van der Waals surface area contributed by atoms with Crippen molar-refractivity contribution >= 4 is 34.6 Å². The Morgan fingerprint density at radius 2 is 2.10 bits per heavy atom. The van der Waals surface area contributed by atoms with Crippen molar-refractivity contribution in [2.45, 2.75) is 44.7 Å². The molecule has 0 bridgehead atoms. The van der Waals surface area contributed by atoms with Crippen LogP contribution in [0.15, 0.2) is 47.5 Å². The molecule has 212 valence electrons. The highest BCUT2D eigenvalue weighted by atomic mass is 19.1. The van der Waals surface area contributed by atoms with Gasteiger partial charge in [0.25, 0.3) is 5.56 Å². The number of H-pyrrole nitrogens is 1. The summed E-state index contributed by atoms with van der Waals surface area (Å²) in [6.45, 7) is 0.151. The van der Waals surface area contributed by atoms with Crippen molar-refractivity contribution in [3.05, 3.63) is 70.2 Å². The van der Waals surface area contributed by atoms with E-state index in [-0.39, 0.29) is 30.4 Å². The number of aromatic amines is 1. The topological polar surface area (TPSA) is 138 Å². The van der Waals surface area contributed by atoms with Gasteiger partial charge in [-0.1, -0.05) is 6.08 Å². The van der Waals surface area contributed by atoms with Crippen LogP contribution in [0.4, 0.5) is 14.9 Å². The quantitative estimate of drug-likeness (QED) is 0.313. The zero-order chi connectivity index (χ0) is 28.8. The smallest absolute Gasteiger partial charge is 0.407 e. The fourth-order valence-corrected chi connectivity index (χ4v) is 4.27. The van der Waals surface area contributed by atoms with Gasteiger partial charge in [-0.2, -0.15) is 0 Å². The molecule has 40 heavy (non-hydrogen) atoms. The molecule has 3 amide bonds. The van der Waals surface area contributed by atoms with Gasteiger partial charge in [-0.3, -0.25) is 19.4 Å². The number of methoxy groups -OCH3 is 1. The molecular weight excluding hydrogens is 519 g/mol. The summed E-state index contributed by atoms with van der Waals surface area (Å²) in [4.78, 5) is 58.6. The zero-order valence-electron chi connectivity index (χ0n) is 22.7. The summed E-state index contributed by atoms with van der Waals surface area (Å²) in [5, 5.41) is 5.05. The summed E-state index contributed by atoms with van der Waals surface area (Å²) in [6.07, 6.45) is 8.31. The lowest BCUT2D eigenvalue weighted by atomic mass is 10.1. The molecule has 0 radical (unpaired) electrons. The van der Waals surface area contributed by atoms with E-state index in [1.54, 1.807) is 38.5 Å². The SMILES string of the molecule is COC(=O)NC(CC/C=C/C(=O)N(C)C)C(=O)Nc1cccn(Cc2cc3ncc(F)c(CC4CC4)c3[nH]2)c1=O. The maximum Gasteiger partial charge on any atom is 0.407 e. The Bertz CT molecular complexity index is 1490. The largest absolute Gasteiger partial charge is 0.453 e. The lowest BCUT2D eigenvalue weighted by molar-refractivity contribution is -0.123. The second-order valence-corrected chi connectivity index (χ2v) is 10.0. The lowest BCUT2D eigenvalue weighted by Gasteiger charge is -2.17. The molecule has 1 aliphatic rings. The van der Waals surface area contributed by atoms with Gasteiger partial charge in [-0.15, -0.1) is 0 Å². The van der Waals surface area contributed by atoms with E-state index < -0.39 is 23.6 Å². The standard InChI is InChI=1S/C28H33FN6O5/c1-34(2)24(36)9-5-4-7-21(33-28(39)40-3)26(37)32-22-8-6-12-35(27(22)38)16-18-14-23-25(31-18)19(13-17-10-11-17)20(29)15-30-23/h5-6,8-9,12,14-15,17,21,31H,4,7,10-11,13,16H2,1-3H3,(H,32,37)(H,33,39)/b9-5+. The monoisotopic (exact) mass is 552 g/mol. The van der Waals surface area contributed by atoms with Gasteiger partial charge < -0.3 is 29.8 Å². The number of aromatic nitrogens is 3. The van der Waals surface area contributed by atoms with Crippen LogP contribution >= 0.6 is 0 Å². The van der Waals surface area contributed by atoms with Crippen molar-refractivity contribution in [3.8, 4) is 0 Å². The summed E-state index contributed by atoms with van der Waals surface area (Å²) in [5.74, 6) is -0.669. The minimum Gasteiger partial charge on any atom is -0.453 e. The number of likely N-dealkylation sites (N-methyl/N-ethyl adjacent to an activating group) is 1. The number of ether oxygens (including phenoxy) is 1. The molecule has 1 atom stereocenters. The fraction of sp³-hybridized carbons (Fsp3) is 0.393. The molecule has 3 aromatic heterocycles. The van der Waals surface area contributed by atoms with Crippen molar-refractivity contribution in [3.63, 3.8) is 0 Å². The zero-order valence-corrected chi connectivity index (χ0v) is 22.7. The first-order valence-electron chi connectivity index (χ1n) is 13.0. The average molecular weight is 553 g/mol. The Balaban J connectivity index is 1.48. The molecule has 1 unspecified atom stereocenters. The van der Waals surface area contributed by atoms with E-state index in [1.165, 1.54) is 34.9 Å². The van der Waals surface area contributed by atoms with Crippen molar-refractivity contribution in [1.82, 2.24) is 24.8 Å². The Morgan fingerprint density at radius 1 is 1.32 bits per heavy atom. The number of hydrogen-bond acceptors (Lipinski definition) is 6. The number of halogens is 1. The maximum absolute atomic E-state index is 14.5. The number of carbonyl (C=O) groups excluding carboxylic acids is 3. The average Bonchev–Trinajstić information content (AvgIpc) is 3.66. The summed E-state index contributed by atoms with van der Waals surface area (Å²) in [7, 11) is 4.42. The Labute approximate surface area is 230 Å². The van der Waals surface area contributed by atoms with E-state index in [0.717, 1.165) is 12.8 Å². The molecule has 3 heterocycles. The Kier molecular flexibility index (Phi) is 8.97. The van der Waals surface area contributed by atoms with Crippen LogP contribution in [0.5, 0.6) is 0 Å². The van der Waals surface area contributed by atoms with Gasteiger partial charge in [0.1, 0.15) is 17.5 Å². The maximum atomic E-state index is 14.5. The lowest BCUT2D eigenvalue weighted by Crippen LogP contribution is -2.44. The van der Waals surface area contributed by atoms with Crippen LogP contribution in [-0.2, 0) is 27.3 Å². The fourth-order valence-electron chi connectivity index (χ4n) is 4.27. The molecule has 0 spiro atoms. The van der Waals surface area contributed by atoms with Crippen LogP contribution in [0.25, 0.3) is 11.0 Å². The molecule has 11 nitrogen and oxygen atoms in total. The van der Waals surface area contributed by atoms with Gasteiger partial charge in [0.05, 0.1) is 30.9 Å². The van der Waals surface area contributed by atoms with Gasteiger partial charge in [-0.05, 0) is 62.3 Å². The molecule has 0 saturated heterocycles. The van der Waals surface area contributed by atoms with Crippen LogP contribution in [0.3, 0.4) is 0 Å². The highest BCUT2D eigenvalue weighted by molar-refractivity contribution is 5.96. The summed E-state index contributed by atoms with van der Waals surface area (Å²) in [6, 6.07) is 3.86. The van der Waals surface area contributed by atoms with Gasteiger partial charge in [0.15, 0.2) is 0 Å². The van der Waals surface area contributed by atoms with Gasteiger partial charge in [0.2, 0.25) is 11.8 Å². The minimum atomic E-state index is -1.01. The van der Waals surface area contributed by atoms with Crippen molar-refractivity contribution in [1.29, 1.82) is 0 Å². The summed E-state index contributed by atoms with van der Waals surface area (Å²) in [5.41, 5.74) is 2.11. The van der Waals surface area contributed by atoms with E-state index >= 15 is 0 Å². The molecule has 1 aliphatic carbocycles. The number of hydrogen-bond donors (Lipinski definition) is 3. The third kappa shape index (κ3) is 7.13. The number of carbonyl (C=O) groups is 3. The first kappa shape index (κ1) is 28.5. The molecule has 0 aliphatic heterocycles. The normalized spacial score (nSPS) is 13.8. The van der Waals surface area contributed by atoms with Crippen molar-refractivity contribution in [2.75, 3.05) is 26.5 Å². The van der Waals surface area contributed by atoms with Gasteiger partial charge in [0, 0.05) is 31.5 Å². The number of anilines is 1. The number of alkyl carbamates (subject to hydrolysis) is 1. The Hall–Kier alpha value is -4.48. The molecule has 4 rings (SSSR count). The third-order valence-electron chi connectivity index (χ3n) is 6.69. The highest BCUT2D eigenvalue weighted by Crippen LogP contribution is 2.35. The number of rotatable bonds is 11. The van der Waals surface area contributed by atoms with Gasteiger partial charge in [-0.25, -0.2) is 9.18 Å². The summed E-state index contributed by atoms with van der Waals surface area (Å²) >= 11 is 0. The minimum absolute atomic E-state index is 0.0252. The number of amides is 3. The number of nitrogens with zero attached hydrogens (tertiary/aromatic N) is 3. The van der Waals surface area contributed by atoms with E-state index in [4.69, 9.17) is 0 Å². The highest BCUT2D eigenvalue weighted by Gasteiger charge is 2.25.